The third-order valence-corrected chi connectivity index (χ3v) is 4.60. The molecule has 0 bridgehead atoms. The van der Waals surface area contributed by atoms with E-state index in [0.717, 1.165) is 12.8 Å². The Morgan fingerprint density at radius 1 is 1.33 bits per heavy atom. The van der Waals surface area contributed by atoms with Crippen molar-refractivity contribution in [3.63, 3.8) is 0 Å². The van der Waals surface area contributed by atoms with Crippen molar-refractivity contribution >= 4 is 27.6 Å². The number of esters is 1. The van der Waals surface area contributed by atoms with Gasteiger partial charge in [-0.2, -0.15) is 0 Å². The maximum Gasteiger partial charge on any atom is 0.307 e. The number of sulfonamides is 1. The summed E-state index contributed by atoms with van der Waals surface area (Å²) in [5, 5.41) is 7.55. The van der Waals surface area contributed by atoms with Crippen LogP contribution in [0.15, 0.2) is 41.3 Å². The smallest absolute Gasteiger partial charge is 0.307 e. The Bertz CT molecular complexity index is 740. The molecule has 0 spiro atoms. The molecule has 24 heavy (non-hydrogen) atoms. The van der Waals surface area contributed by atoms with Gasteiger partial charge in [-0.15, -0.1) is 0 Å². The number of hydrogen-bond donors (Lipinski definition) is 2. The van der Waals surface area contributed by atoms with Gasteiger partial charge in [0.2, 0.25) is 10.0 Å². The lowest BCUT2D eigenvalue weighted by Crippen LogP contribution is -2.30. The molecule has 7 nitrogen and oxygen atoms in total. The first kappa shape index (κ1) is 18.2. The van der Waals surface area contributed by atoms with Gasteiger partial charge in [0.1, 0.15) is 0 Å². The molecule has 0 aliphatic heterocycles. The van der Waals surface area contributed by atoms with E-state index in [0.29, 0.717) is 5.69 Å². The number of carbonyl (C=O) groups is 2. The molecule has 1 aromatic carbocycles. The van der Waals surface area contributed by atoms with E-state index in [4.69, 9.17) is 9.88 Å². The van der Waals surface area contributed by atoms with Gasteiger partial charge in [-0.3, -0.25) is 9.59 Å². The Kier molecular flexibility index (Phi) is 5.74. The number of anilines is 1. The van der Waals surface area contributed by atoms with Gasteiger partial charge in [0, 0.05) is 5.69 Å². The van der Waals surface area contributed by atoms with Crippen molar-refractivity contribution in [2.24, 2.45) is 11.1 Å². The maximum absolute atomic E-state index is 12.0. The summed E-state index contributed by atoms with van der Waals surface area (Å²) in [6.07, 6.45) is 5.21. The highest BCUT2D eigenvalue weighted by Gasteiger charge is 2.21. The molecule has 0 fully saturated rings. The minimum absolute atomic E-state index is 0.0513. The zero-order valence-electron chi connectivity index (χ0n) is 13.3. The quantitative estimate of drug-likeness (QED) is 0.595. The van der Waals surface area contributed by atoms with Gasteiger partial charge in [0.05, 0.1) is 11.3 Å². The molecule has 0 aromatic heterocycles. The fraction of sp³-hybridized carbons (Fsp3) is 0.375. The van der Waals surface area contributed by atoms with Crippen molar-refractivity contribution in [3.8, 4) is 0 Å². The Morgan fingerprint density at radius 2 is 2.00 bits per heavy atom. The average Bonchev–Trinajstić information content (AvgIpc) is 2.99. The van der Waals surface area contributed by atoms with Crippen LogP contribution in [0.2, 0.25) is 0 Å². The number of primary sulfonamides is 1. The summed E-state index contributed by atoms with van der Waals surface area (Å²) in [7, 11) is -3.78. The highest BCUT2D eigenvalue weighted by Crippen LogP contribution is 2.21. The number of rotatable bonds is 6. The Labute approximate surface area is 140 Å². The number of nitrogens with two attached hydrogens (primary N) is 1. The number of amides is 1. The number of nitrogens with one attached hydrogen (secondary N) is 1. The molecule has 0 heterocycles. The molecule has 1 aliphatic carbocycles. The first-order valence-corrected chi connectivity index (χ1v) is 9.10. The highest BCUT2D eigenvalue weighted by molar-refractivity contribution is 7.89. The van der Waals surface area contributed by atoms with Crippen LogP contribution in [0.5, 0.6) is 0 Å². The molecular weight excluding hydrogens is 332 g/mol. The Morgan fingerprint density at radius 3 is 2.54 bits per heavy atom. The van der Waals surface area contributed by atoms with Crippen LogP contribution in [-0.2, 0) is 24.3 Å². The summed E-state index contributed by atoms with van der Waals surface area (Å²) in [4.78, 5) is 23.8. The van der Waals surface area contributed by atoms with Crippen LogP contribution >= 0.6 is 0 Å². The molecule has 130 valence electrons. The lowest BCUT2D eigenvalue weighted by molar-refractivity contribution is -0.153. The zero-order valence-corrected chi connectivity index (χ0v) is 14.1. The van der Waals surface area contributed by atoms with Gasteiger partial charge in [0.25, 0.3) is 5.91 Å². The van der Waals surface area contributed by atoms with Crippen molar-refractivity contribution in [1.82, 2.24) is 0 Å². The van der Waals surface area contributed by atoms with Crippen molar-refractivity contribution in [2.45, 2.75) is 37.2 Å². The normalized spacial score (nSPS) is 18.2. The molecule has 1 amide bonds. The van der Waals surface area contributed by atoms with Crippen LogP contribution in [0.4, 0.5) is 5.69 Å². The van der Waals surface area contributed by atoms with E-state index in [1.165, 1.54) is 31.2 Å². The summed E-state index contributed by atoms with van der Waals surface area (Å²) < 4.78 is 27.5. The van der Waals surface area contributed by atoms with Crippen molar-refractivity contribution in [3.05, 3.63) is 36.4 Å². The minimum atomic E-state index is -3.78. The van der Waals surface area contributed by atoms with Gasteiger partial charge in [-0.1, -0.05) is 12.2 Å². The topological polar surface area (TPSA) is 116 Å². The second-order valence-electron chi connectivity index (χ2n) is 5.66. The lowest BCUT2D eigenvalue weighted by atomic mass is 10.1. The average molecular weight is 352 g/mol. The molecule has 8 heteroatoms. The molecule has 2 rings (SSSR count). The summed E-state index contributed by atoms with van der Waals surface area (Å²) in [5.74, 6) is -0.731. The highest BCUT2D eigenvalue weighted by atomic mass is 32.2. The summed E-state index contributed by atoms with van der Waals surface area (Å²) in [5.41, 5.74) is 0.383. The SMILES string of the molecule is CC(OC(=O)CC1C=CCC1)C(=O)Nc1ccc(S(N)(=O)=O)cc1. The van der Waals surface area contributed by atoms with E-state index in [1.54, 1.807) is 0 Å². The molecule has 3 N–H and O–H groups in total. The van der Waals surface area contributed by atoms with Crippen LogP contribution < -0.4 is 10.5 Å². The van der Waals surface area contributed by atoms with Gasteiger partial charge in [-0.05, 0) is 49.9 Å². The van der Waals surface area contributed by atoms with Crippen LogP contribution in [0.1, 0.15) is 26.2 Å². The molecule has 2 unspecified atom stereocenters. The van der Waals surface area contributed by atoms with Crippen LogP contribution in [0, 0.1) is 5.92 Å². The maximum atomic E-state index is 12.0. The molecule has 2 atom stereocenters. The predicted octanol–water partition coefficient (Wildman–Crippen LogP) is 1.56. The van der Waals surface area contributed by atoms with E-state index in [2.05, 4.69) is 5.32 Å². The first-order valence-electron chi connectivity index (χ1n) is 7.55. The van der Waals surface area contributed by atoms with Gasteiger partial charge >= 0.3 is 5.97 Å². The van der Waals surface area contributed by atoms with E-state index in [9.17, 15) is 18.0 Å². The first-order chi connectivity index (χ1) is 11.3. The van der Waals surface area contributed by atoms with Crippen LogP contribution in [0.25, 0.3) is 0 Å². The summed E-state index contributed by atoms with van der Waals surface area (Å²) in [6, 6.07) is 5.40. The second kappa shape index (κ2) is 7.59. The Hall–Kier alpha value is -2.19. The standard InChI is InChI=1S/C16H20N2O5S/c1-11(23-15(19)10-12-4-2-3-5-12)16(20)18-13-6-8-14(9-7-13)24(17,21)22/h2,4,6-9,11-12H,3,5,10H2,1H3,(H,18,20)(H2,17,21,22). The van der Waals surface area contributed by atoms with Crippen LogP contribution in [0.3, 0.4) is 0 Å². The minimum Gasteiger partial charge on any atom is -0.453 e. The number of benzene rings is 1. The van der Waals surface area contributed by atoms with E-state index in [-0.39, 0.29) is 17.2 Å². The monoisotopic (exact) mass is 352 g/mol. The van der Waals surface area contributed by atoms with Gasteiger partial charge < -0.3 is 10.1 Å². The van der Waals surface area contributed by atoms with Crippen molar-refractivity contribution in [1.29, 1.82) is 0 Å². The third kappa shape index (κ3) is 5.17. The summed E-state index contributed by atoms with van der Waals surface area (Å²) >= 11 is 0. The van der Waals surface area contributed by atoms with E-state index < -0.39 is 28.0 Å². The Balaban J connectivity index is 1.86. The third-order valence-electron chi connectivity index (χ3n) is 3.67. The molecule has 0 radical (unpaired) electrons. The fourth-order valence-electron chi connectivity index (χ4n) is 2.35. The number of hydrogen-bond acceptors (Lipinski definition) is 5. The van der Waals surface area contributed by atoms with Crippen molar-refractivity contribution in [2.75, 3.05) is 5.32 Å². The van der Waals surface area contributed by atoms with Gasteiger partial charge in [-0.25, -0.2) is 13.6 Å². The molecule has 1 aromatic rings. The number of allylic oxidation sites excluding steroid dienone is 2. The molecule has 0 saturated heterocycles. The van der Waals surface area contributed by atoms with Crippen LogP contribution in [-0.4, -0.2) is 26.4 Å². The largest absolute Gasteiger partial charge is 0.453 e. The predicted molar refractivity (Wildman–Crippen MR) is 88.5 cm³/mol. The van der Waals surface area contributed by atoms with Crippen molar-refractivity contribution < 1.29 is 22.7 Å². The van der Waals surface area contributed by atoms with E-state index >= 15 is 0 Å². The molecular formula is C16H20N2O5S. The van der Waals surface area contributed by atoms with Gasteiger partial charge in [0.15, 0.2) is 6.10 Å². The fourth-order valence-corrected chi connectivity index (χ4v) is 2.87. The second-order valence-corrected chi connectivity index (χ2v) is 7.22. The lowest BCUT2D eigenvalue weighted by Gasteiger charge is -2.15. The zero-order chi connectivity index (χ0) is 17.7. The number of ether oxygens (including phenoxy) is 1. The summed E-state index contributed by atoms with van der Waals surface area (Å²) in [6.45, 7) is 1.48. The van der Waals surface area contributed by atoms with E-state index in [1.807, 2.05) is 12.2 Å². The molecule has 0 saturated carbocycles. The number of carbonyl (C=O) groups excluding carboxylic acids is 2. The molecule has 1 aliphatic rings.